The molecule has 0 aliphatic heterocycles. The molecule has 0 saturated carbocycles. The van der Waals surface area contributed by atoms with Crippen molar-refractivity contribution in [2.45, 2.75) is 58.9 Å². The van der Waals surface area contributed by atoms with Gasteiger partial charge in [0.05, 0.1) is 5.92 Å². The van der Waals surface area contributed by atoms with Gasteiger partial charge in [-0.25, -0.2) is 0 Å². The van der Waals surface area contributed by atoms with Crippen molar-refractivity contribution in [3.63, 3.8) is 0 Å². The fourth-order valence-corrected chi connectivity index (χ4v) is 1.86. The molecule has 0 spiro atoms. The van der Waals surface area contributed by atoms with Crippen LogP contribution in [0, 0.1) is 11.8 Å². The number of unbranched alkanes of at least 4 members (excludes halogenated alkanes) is 1. The standard InChI is InChI=1S/C12H25NO2/c1-4-5-6-10(12(14)15)8-11(13)7-9(2)3/h9-11H,4-8,13H2,1-3H3,(H,14,15). The Balaban J connectivity index is 3.98. The molecule has 0 saturated heterocycles. The first kappa shape index (κ1) is 14.4. The Bertz CT molecular complexity index is 180. The number of carboxylic acids is 1. The zero-order valence-corrected chi connectivity index (χ0v) is 10.2. The third-order valence-electron chi connectivity index (χ3n) is 2.62. The highest BCUT2D eigenvalue weighted by atomic mass is 16.4. The van der Waals surface area contributed by atoms with E-state index in [0.29, 0.717) is 12.3 Å². The van der Waals surface area contributed by atoms with E-state index in [-0.39, 0.29) is 12.0 Å². The molecule has 0 bridgehead atoms. The van der Waals surface area contributed by atoms with Crippen molar-refractivity contribution >= 4 is 5.97 Å². The highest BCUT2D eigenvalue weighted by Gasteiger charge is 2.20. The molecule has 0 aliphatic carbocycles. The second-order valence-corrected chi connectivity index (χ2v) is 4.80. The van der Waals surface area contributed by atoms with E-state index in [4.69, 9.17) is 10.8 Å². The lowest BCUT2D eigenvalue weighted by atomic mass is 9.91. The Kier molecular flexibility index (Phi) is 7.39. The highest BCUT2D eigenvalue weighted by Crippen LogP contribution is 2.17. The Labute approximate surface area is 93.0 Å². The summed E-state index contributed by atoms with van der Waals surface area (Å²) in [5.74, 6) is -0.401. The first-order chi connectivity index (χ1) is 6.97. The molecule has 0 heterocycles. The second-order valence-electron chi connectivity index (χ2n) is 4.80. The third kappa shape index (κ3) is 7.37. The lowest BCUT2D eigenvalue weighted by molar-refractivity contribution is -0.142. The quantitative estimate of drug-likeness (QED) is 0.654. The molecule has 2 unspecified atom stereocenters. The van der Waals surface area contributed by atoms with Crippen molar-refractivity contribution in [3.8, 4) is 0 Å². The van der Waals surface area contributed by atoms with E-state index in [0.717, 1.165) is 25.7 Å². The van der Waals surface area contributed by atoms with Crippen LogP contribution in [0.3, 0.4) is 0 Å². The lowest BCUT2D eigenvalue weighted by Gasteiger charge is -2.18. The summed E-state index contributed by atoms with van der Waals surface area (Å²) >= 11 is 0. The molecule has 90 valence electrons. The van der Waals surface area contributed by atoms with E-state index in [9.17, 15) is 4.79 Å². The predicted molar refractivity (Wildman–Crippen MR) is 62.7 cm³/mol. The van der Waals surface area contributed by atoms with Gasteiger partial charge in [0.25, 0.3) is 0 Å². The van der Waals surface area contributed by atoms with Gasteiger partial charge in [0.2, 0.25) is 0 Å². The van der Waals surface area contributed by atoms with Crippen LogP contribution in [-0.4, -0.2) is 17.1 Å². The van der Waals surface area contributed by atoms with Gasteiger partial charge >= 0.3 is 5.97 Å². The van der Waals surface area contributed by atoms with Crippen LogP contribution in [0.5, 0.6) is 0 Å². The Morgan fingerprint density at radius 2 is 1.93 bits per heavy atom. The summed E-state index contributed by atoms with van der Waals surface area (Å²) in [6.07, 6.45) is 4.32. The maximum absolute atomic E-state index is 11.0. The molecule has 0 aromatic heterocycles. The SMILES string of the molecule is CCCCC(CC(N)CC(C)C)C(=O)O. The zero-order chi connectivity index (χ0) is 11.8. The van der Waals surface area contributed by atoms with Gasteiger partial charge in [0.15, 0.2) is 0 Å². The molecule has 0 fully saturated rings. The molecule has 0 amide bonds. The maximum Gasteiger partial charge on any atom is 0.306 e. The molecule has 0 aliphatic rings. The van der Waals surface area contributed by atoms with Crippen LogP contribution in [0.4, 0.5) is 0 Å². The summed E-state index contributed by atoms with van der Waals surface area (Å²) in [6.45, 7) is 6.30. The van der Waals surface area contributed by atoms with Crippen molar-refractivity contribution < 1.29 is 9.90 Å². The molecule has 3 heteroatoms. The van der Waals surface area contributed by atoms with Gasteiger partial charge in [-0.3, -0.25) is 4.79 Å². The van der Waals surface area contributed by atoms with Gasteiger partial charge in [-0.1, -0.05) is 33.6 Å². The van der Waals surface area contributed by atoms with E-state index < -0.39 is 5.97 Å². The number of hydrogen-bond donors (Lipinski definition) is 2. The minimum atomic E-state index is -0.692. The van der Waals surface area contributed by atoms with Crippen molar-refractivity contribution in [1.82, 2.24) is 0 Å². The van der Waals surface area contributed by atoms with Crippen LogP contribution >= 0.6 is 0 Å². The van der Waals surface area contributed by atoms with Gasteiger partial charge in [-0.2, -0.15) is 0 Å². The monoisotopic (exact) mass is 215 g/mol. The summed E-state index contributed by atoms with van der Waals surface area (Å²) in [7, 11) is 0. The van der Waals surface area contributed by atoms with Crippen LogP contribution in [0.25, 0.3) is 0 Å². The van der Waals surface area contributed by atoms with Gasteiger partial charge in [0, 0.05) is 6.04 Å². The summed E-state index contributed by atoms with van der Waals surface area (Å²) in [6, 6.07) is 0.0305. The molecule has 0 radical (unpaired) electrons. The fourth-order valence-electron chi connectivity index (χ4n) is 1.86. The fraction of sp³-hybridized carbons (Fsp3) is 0.917. The van der Waals surface area contributed by atoms with Crippen LogP contribution in [0.15, 0.2) is 0 Å². The second kappa shape index (κ2) is 7.69. The normalized spacial score (nSPS) is 15.3. The number of carboxylic acid groups (broad SMARTS) is 1. The summed E-state index contributed by atoms with van der Waals surface area (Å²) in [4.78, 5) is 11.0. The van der Waals surface area contributed by atoms with Gasteiger partial charge in [-0.15, -0.1) is 0 Å². The molecule has 0 aromatic carbocycles. The molecule has 3 nitrogen and oxygen atoms in total. The number of carbonyl (C=O) groups is 1. The third-order valence-corrected chi connectivity index (χ3v) is 2.62. The van der Waals surface area contributed by atoms with E-state index in [2.05, 4.69) is 20.8 Å². The molecule has 0 rings (SSSR count). The van der Waals surface area contributed by atoms with Crippen molar-refractivity contribution in [1.29, 1.82) is 0 Å². The Morgan fingerprint density at radius 3 is 2.33 bits per heavy atom. The minimum Gasteiger partial charge on any atom is -0.481 e. The average molecular weight is 215 g/mol. The van der Waals surface area contributed by atoms with Gasteiger partial charge in [-0.05, 0) is 25.2 Å². The average Bonchev–Trinajstić information content (AvgIpc) is 2.10. The Hall–Kier alpha value is -0.570. The molecular weight excluding hydrogens is 190 g/mol. The minimum absolute atomic E-state index is 0.0305. The molecule has 0 aromatic rings. The Morgan fingerprint density at radius 1 is 1.33 bits per heavy atom. The number of nitrogens with two attached hydrogens (primary N) is 1. The summed E-state index contributed by atoms with van der Waals surface area (Å²) in [5.41, 5.74) is 5.92. The lowest BCUT2D eigenvalue weighted by Crippen LogP contribution is -2.28. The van der Waals surface area contributed by atoms with Crippen LogP contribution in [0.2, 0.25) is 0 Å². The number of rotatable bonds is 8. The summed E-state index contributed by atoms with van der Waals surface area (Å²) in [5, 5.41) is 9.03. The first-order valence-corrected chi connectivity index (χ1v) is 5.95. The molecule has 15 heavy (non-hydrogen) atoms. The largest absolute Gasteiger partial charge is 0.481 e. The summed E-state index contributed by atoms with van der Waals surface area (Å²) < 4.78 is 0. The van der Waals surface area contributed by atoms with Crippen LogP contribution in [0.1, 0.15) is 52.9 Å². The first-order valence-electron chi connectivity index (χ1n) is 5.95. The van der Waals surface area contributed by atoms with Crippen molar-refractivity contribution in [3.05, 3.63) is 0 Å². The van der Waals surface area contributed by atoms with Gasteiger partial charge < -0.3 is 10.8 Å². The number of hydrogen-bond acceptors (Lipinski definition) is 2. The zero-order valence-electron chi connectivity index (χ0n) is 10.2. The maximum atomic E-state index is 11.0. The van der Waals surface area contributed by atoms with Crippen LogP contribution < -0.4 is 5.73 Å². The van der Waals surface area contributed by atoms with E-state index in [1.807, 2.05) is 0 Å². The van der Waals surface area contributed by atoms with E-state index in [1.54, 1.807) is 0 Å². The smallest absolute Gasteiger partial charge is 0.306 e. The van der Waals surface area contributed by atoms with Crippen molar-refractivity contribution in [2.75, 3.05) is 0 Å². The molecule has 3 N–H and O–H groups in total. The molecular formula is C12H25NO2. The molecule has 2 atom stereocenters. The van der Waals surface area contributed by atoms with E-state index >= 15 is 0 Å². The van der Waals surface area contributed by atoms with Crippen LogP contribution in [-0.2, 0) is 4.79 Å². The topological polar surface area (TPSA) is 63.3 Å². The number of aliphatic carboxylic acids is 1. The van der Waals surface area contributed by atoms with Crippen molar-refractivity contribution in [2.24, 2.45) is 17.6 Å². The predicted octanol–water partition coefficient (Wildman–Crippen LogP) is 2.64. The van der Waals surface area contributed by atoms with Gasteiger partial charge in [0.1, 0.15) is 0 Å². The highest BCUT2D eigenvalue weighted by molar-refractivity contribution is 5.69. The van der Waals surface area contributed by atoms with E-state index in [1.165, 1.54) is 0 Å².